The zero-order chi connectivity index (χ0) is 13.8. The highest BCUT2D eigenvalue weighted by molar-refractivity contribution is 5.84. The minimum atomic E-state index is 0.0691. The van der Waals surface area contributed by atoms with E-state index < -0.39 is 0 Å². The third kappa shape index (κ3) is 2.36. The van der Waals surface area contributed by atoms with Crippen LogP contribution in [0.5, 0.6) is 0 Å². The lowest BCUT2D eigenvalue weighted by molar-refractivity contribution is -0.133. The predicted octanol–water partition coefficient (Wildman–Crippen LogP) is 2.10. The Labute approximate surface area is 116 Å². The van der Waals surface area contributed by atoms with Gasteiger partial charge in [0.2, 0.25) is 0 Å². The van der Waals surface area contributed by atoms with Crippen LogP contribution in [0.4, 0.5) is 0 Å². The molecule has 3 N–H and O–H groups in total. The molecule has 0 spiro atoms. The van der Waals surface area contributed by atoms with Crippen LogP contribution in [-0.4, -0.2) is 23.9 Å². The van der Waals surface area contributed by atoms with Crippen molar-refractivity contribution < 1.29 is 4.79 Å². The fourth-order valence-electron chi connectivity index (χ4n) is 4.85. The Kier molecular flexibility index (Phi) is 3.25. The molecule has 3 nitrogen and oxygen atoms in total. The Balaban J connectivity index is 1.83. The summed E-state index contributed by atoms with van der Waals surface area (Å²) in [6, 6.07) is 0.956. The van der Waals surface area contributed by atoms with Crippen molar-refractivity contribution in [2.24, 2.45) is 28.9 Å². The molecule has 0 radical (unpaired) electrons. The number of Topliss-reactive ketones (excluding diaryl/α,β-unsaturated/α-hetero) is 1. The smallest absolute Gasteiger partial charge is 0.139 e. The number of nitrogens with two attached hydrogens (primary N) is 1. The van der Waals surface area contributed by atoms with Gasteiger partial charge in [0.1, 0.15) is 5.78 Å². The van der Waals surface area contributed by atoms with Crippen LogP contribution in [0.1, 0.15) is 52.9 Å². The van der Waals surface area contributed by atoms with Crippen molar-refractivity contribution in [3.05, 3.63) is 0 Å². The average Bonchev–Trinajstić information content (AvgIpc) is 2.28. The summed E-state index contributed by atoms with van der Waals surface area (Å²) in [7, 11) is 0. The van der Waals surface area contributed by atoms with Crippen molar-refractivity contribution in [1.82, 2.24) is 5.32 Å². The molecule has 1 saturated heterocycles. The maximum Gasteiger partial charge on any atom is 0.139 e. The van der Waals surface area contributed by atoms with Gasteiger partial charge >= 0.3 is 0 Å². The lowest BCUT2D eigenvalue weighted by Gasteiger charge is -2.53. The van der Waals surface area contributed by atoms with E-state index in [0.717, 1.165) is 12.3 Å². The van der Waals surface area contributed by atoms with E-state index in [0.29, 0.717) is 30.2 Å². The SMILES string of the molecule is CC1CCC2NC3CC(C)(C)CC(=O)C3C(N)C2C1. The molecule has 6 unspecified atom stereocenters. The summed E-state index contributed by atoms with van der Waals surface area (Å²) in [4.78, 5) is 12.5. The number of fused-ring (bicyclic) bond motifs is 2. The molecule has 0 aromatic carbocycles. The van der Waals surface area contributed by atoms with Gasteiger partial charge in [-0.15, -0.1) is 0 Å². The van der Waals surface area contributed by atoms with Crippen LogP contribution in [0.25, 0.3) is 0 Å². The second kappa shape index (κ2) is 4.56. The number of hydrogen-bond donors (Lipinski definition) is 2. The van der Waals surface area contributed by atoms with Crippen molar-refractivity contribution in [2.75, 3.05) is 0 Å². The first-order valence-corrected chi connectivity index (χ1v) is 7.92. The van der Waals surface area contributed by atoms with E-state index in [1.807, 2.05) is 0 Å². The van der Waals surface area contributed by atoms with Gasteiger partial charge in [-0.25, -0.2) is 0 Å². The van der Waals surface area contributed by atoms with Gasteiger partial charge in [-0.05, 0) is 42.9 Å². The van der Waals surface area contributed by atoms with E-state index in [4.69, 9.17) is 5.73 Å². The number of ketones is 1. The Morgan fingerprint density at radius 1 is 1.26 bits per heavy atom. The van der Waals surface area contributed by atoms with Gasteiger partial charge in [-0.2, -0.15) is 0 Å². The average molecular weight is 264 g/mol. The lowest BCUT2D eigenvalue weighted by atomic mass is 9.60. The fraction of sp³-hybridized carbons (Fsp3) is 0.938. The van der Waals surface area contributed by atoms with Crippen LogP contribution in [0.15, 0.2) is 0 Å². The summed E-state index contributed by atoms with van der Waals surface area (Å²) in [6.07, 6.45) is 5.53. The molecule has 3 rings (SSSR count). The zero-order valence-electron chi connectivity index (χ0n) is 12.5. The van der Waals surface area contributed by atoms with E-state index in [1.165, 1.54) is 19.3 Å². The number of piperidine rings is 1. The second-order valence-corrected chi connectivity index (χ2v) is 8.08. The molecule has 6 atom stereocenters. The van der Waals surface area contributed by atoms with E-state index in [2.05, 4.69) is 26.1 Å². The van der Waals surface area contributed by atoms with Crippen molar-refractivity contribution >= 4 is 5.78 Å². The van der Waals surface area contributed by atoms with Crippen molar-refractivity contribution in [1.29, 1.82) is 0 Å². The van der Waals surface area contributed by atoms with Crippen LogP contribution in [0.3, 0.4) is 0 Å². The topological polar surface area (TPSA) is 55.1 Å². The maximum absolute atomic E-state index is 12.5. The first-order valence-electron chi connectivity index (χ1n) is 7.92. The number of nitrogens with one attached hydrogen (secondary N) is 1. The molecule has 2 aliphatic carbocycles. The molecule has 108 valence electrons. The highest BCUT2D eigenvalue weighted by Gasteiger charge is 2.51. The quantitative estimate of drug-likeness (QED) is 0.704. The summed E-state index contributed by atoms with van der Waals surface area (Å²) < 4.78 is 0. The Morgan fingerprint density at radius 3 is 2.74 bits per heavy atom. The minimum Gasteiger partial charge on any atom is -0.327 e. The van der Waals surface area contributed by atoms with Crippen molar-refractivity contribution in [2.45, 2.75) is 71.0 Å². The molecule has 19 heavy (non-hydrogen) atoms. The molecule has 2 saturated carbocycles. The van der Waals surface area contributed by atoms with Crippen LogP contribution < -0.4 is 11.1 Å². The molecule has 0 bridgehead atoms. The normalized spacial score (nSPS) is 49.4. The summed E-state index contributed by atoms with van der Waals surface area (Å²) in [6.45, 7) is 6.74. The van der Waals surface area contributed by atoms with Gasteiger partial charge < -0.3 is 11.1 Å². The zero-order valence-corrected chi connectivity index (χ0v) is 12.5. The third-order valence-electron chi connectivity index (χ3n) is 5.73. The van der Waals surface area contributed by atoms with E-state index in [9.17, 15) is 4.79 Å². The highest BCUT2D eigenvalue weighted by atomic mass is 16.1. The molecule has 3 aliphatic rings. The molecule has 1 aliphatic heterocycles. The third-order valence-corrected chi connectivity index (χ3v) is 5.73. The minimum absolute atomic E-state index is 0.0691. The largest absolute Gasteiger partial charge is 0.327 e. The Hall–Kier alpha value is -0.410. The monoisotopic (exact) mass is 264 g/mol. The van der Waals surface area contributed by atoms with Crippen molar-refractivity contribution in [3.8, 4) is 0 Å². The van der Waals surface area contributed by atoms with Crippen LogP contribution in [0, 0.1) is 23.2 Å². The van der Waals surface area contributed by atoms with Gasteiger partial charge in [0.15, 0.2) is 0 Å². The van der Waals surface area contributed by atoms with Crippen LogP contribution in [0.2, 0.25) is 0 Å². The van der Waals surface area contributed by atoms with Gasteiger partial charge in [0.25, 0.3) is 0 Å². The number of carbonyl (C=O) groups is 1. The molecule has 0 amide bonds. The lowest BCUT2D eigenvalue weighted by Crippen LogP contribution is -2.67. The summed E-state index contributed by atoms with van der Waals surface area (Å²) in [5, 5.41) is 3.79. The van der Waals surface area contributed by atoms with Gasteiger partial charge in [-0.1, -0.05) is 20.8 Å². The molecular weight excluding hydrogens is 236 g/mol. The highest BCUT2D eigenvalue weighted by Crippen LogP contribution is 2.44. The van der Waals surface area contributed by atoms with E-state index in [1.54, 1.807) is 0 Å². The molecule has 0 aromatic rings. The molecule has 0 aromatic heterocycles. The maximum atomic E-state index is 12.5. The molecule has 3 heteroatoms. The number of rotatable bonds is 0. The van der Waals surface area contributed by atoms with Crippen LogP contribution in [-0.2, 0) is 4.79 Å². The Morgan fingerprint density at radius 2 is 2.00 bits per heavy atom. The standard InChI is InChI=1S/C16H28N2O/c1-9-4-5-11-10(6-9)15(17)14-12(18-11)7-16(2,3)8-13(14)19/h9-12,14-15,18H,4-8,17H2,1-3H3. The summed E-state index contributed by atoms with van der Waals surface area (Å²) in [5.74, 6) is 1.74. The van der Waals surface area contributed by atoms with Crippen LogP contribution >= 0.6 is 0 Å². The Bertz CT molecular complexity index is 379. The number of carbonyl (C=O) groups excluding carboxylic acids is 1. The molecular formula is C16H28N2O. The van der Waals surface area contributed by atoms with Gasteiger partial charge in [0, 0.05) is 30.5 Å². The molecule has 3 fully saturated rings. The first-order chi connectivity index (χ1) is 8.87. The van der Waals surface area contributed by atoms with Gasteiger partial charge in [0.05, 0.1) is 0 Å². The van der Waals surface area contributed by atoms with E-state index >= 15 is 0 Å². The first kappa shape index (κ1) is 13.6. The second-order valence-electron chi connectivity index (χ2n) is 8.08. The van der Waals surface area contributed by atoms with E-state index in [-0.39, 0.29) is 17.4 Å². The van der Waals surface area contributed by atoms with Crippen molar-refractivity contribution in [3.63, 3.8) is 0 Å². The summed E-state index contributed by atoms with van der Waals surface area (Å²) >= 11 is 0. The van der Waals surface area contributed by atoms with Gasteiger partial charge in [-0.3, -0.25) is 4.79 Å². The molecule has 1 heterocycles. The summed E-state index contributed by atoms with van der Waals surface area (Å²) in [5.41, 5.74) is 6.66. The number of hydrogen-bond acceptors (Lipinski definition) is 3. The fourth-order valence-corrected chi connectivity index (χ4v) is 4.85. The predicted molar refractivity (Wildman–Crippen MR) is 76.7 cm³/mol.